The van der Waals surface area contributed by atoms with Gasteiger partial charge in [0.2, 0.25) is 5.91 Å². The first-order valence-corrected chi connectivity index (χ1v) is 8.94. The van der Waals surface area contributed by atoms with E-state index < -0.39 is 0 Å². The molecule has 2 aromatic carbocycles. The summed E-state index contributed by atoms with van der Waals surface area (Å²) in [7, 11) is 1.69. The number of nitrogens with zero attached hydrogens (tertiary/aromatic N) is 2. The Hall–Kier alpha value is -2.82. The highest BCUT2D eigenvalue weighted by molar-refractivity contribution is 5.78. The number of carbonyl (C=O) groups is 1. The number of aromatic nitrogens is 2. The summed E-state index contributed by atoms with van der Waals surface area (Å²) in [6.45, 7) is 5.04. The highest BCUT2D eigenvalue weighted by Gasteiger charge is 2.13. The van der Waals surface area contributed by atoms with Crippen LogP contribution < -0.4 is 10.1 Å². The number of rotatable bonds is 7. The molecule has 0 aliphatic carbocycles. The zero-order chi connectivity index (χ0) is 18.5. The molecular formula is C21H25N3O2. The molecule has 0 saturated carbocycles. The van der Waals surface area contributed by atoms with Crippen LogP contribution in [0.15, 0.2) is 48.5 Å². The van der Waals surface area contributed by atoms with E-state index in [0.717, 1.165) is 28.2 Å². The maximum absolute atomic E-state index is 11.8. The Morgan fingerprint density at radius 1 is 1.15 bits per heavy atom. The van der Waals surface area contributed by atoms with E-state index >= 15 is 0 Å². The van der Waals surface area contributed by atoms with Crippen molar-refractivity contribution >= 4 is 16.9 Å². The lowest BCUT2D eigenvalue weighted by atomic mass is 10.2. The van der Waals surface area contributed by atoms with Crippen LogP contribution in [0.1, 0.15) is 25.2 Å². The lowest BCUT2D eigenvalue weighted by molar-refractivity contribution is -0.123. The molecule has 1 amide bonds. The average Bonchev–Trinajstić information content (AvgIpc) is 2.99. The summed E-state index contributed by atoms with van der Waals surface area (Å²) in [5.41, 5.74) is 3.15. The van der Waals surface area contributed by atoms with Gasteiger partial charge in [0.1, 0.15) is 11.6 Å². The lowest BCUT2D eigenvalue weighted by Crippen LogP contribution is -2.30. The molecule has 1 aromatic heterocycles. The number of hydrogen-bond donors (Lipinski definition) is 1. The fourth-order valence-electron chi connectivity index (χ4n) is 3.00. The van der Waals surface area contributed by atoms with Crippen molar-refractivity contribution < 1.29 is 9.53 Å². The number of ether oxygens (including phenoxy) is 1. The number of benzene rings is 2. The first kappa shape index (κ1) is 18.0. The molecule has 0 unspecified atom stereocenters. The minimum Gasteiger partial charge on any atom is -0.496 e. The van der Waals surface area contributed by atoms with Crippen molar-refractivity contribution in [2.75, 3.05) is 13.7 Å². The summed E-state index contributed by atoms with van der Waals surface area (Å²) in [5, 5.41) is 2.97. The quantitative estimate of drug-likeness (QED) is 0.710. The van der Waals surface area contributed by atoms with Gasteiger partial charge in [0, 0.05) is 24.4 Å². The highest BCUT2D eigenvalue weighted by Crippen LogP contribution is 2.23. The normalized spacial score (nSPS) is 11.1. The van der Waals surface area contributed by atoms with Crippen LogP contribution in [0.4, 0.5) is 0 Å². The van der Waals surface area contributed by atoms with Gasteiger partial charge < -0.3 is 14.6 Å². The van der Waals surface area contributed by atoms with E-state index in [1.807, 2.05) is 50.2 Å². The summed E-state index contributed by atoms with van der Waals surface area (Å²) in [6.07, 6.45) is 0.683. The van der Waals surface area contributed by atoms with Crippen LogP contribution >= 0.6 is 0 Å². The second-order valence-corrected chi connectivity index (χ2v) is 6.61. The monoisotopic (exact) mass is 351 g/mol. The molecule has 5 heteroatoms. The predicted octanol–water partition coefficient (Wildman–Crippen LogP) is 3.41. The Morgan fingerprint density at radius 3 is 2.65 bits per heavy atom. The number of hydrogen-bond acceptors (Lipinski definition) is 3. The van der Waals surface area contributed by atoms with Crippen molar-refractivity contribution in [1.82, 2.24) is 14.9 Å². The maximum Gasteiger partial charge on any atom is 0.222 e. The SMILES string of the molecule is COc1ccccc1Cn1c(CCNC(=O)C(C)C)nc2ccccc21. The molecular weight excluding hydrogens is 326 g/mol. The van der Waals surface area contributed by atoms with Crippen LogP contribution in [-0.4, -0.2) is 29.1 Å². The fraction of sp³-hybridized carbons (Fsp3) is 0.333. The van der Waals surface area contributed by atoms with Gasteiger partial charge in [0.15, 0.2) is 0 Å². The van der Waals surface area contributed by atoms with Crippen LogP contribution in [0.5, 0.6) is 5.75 Å². The van der Waals surface area contributed by atoms with Crippen molar-refractivity contribution in [3.8, 4) is 5.75 Å². The number of imidazole rings is 1. The Labute approximate surface area is 154 Å². The zero-order valence-electron chi connectivity index (χ0n) is 15.5. The summed E-state index contributed by atoms with van der Waals surface area (Å²) in [6, 6.07) is 16.1. The number of methoxy groups -OCH3 is 1. The van der Waals surface area contributed by atoms with Gasteiger partial charge in [-0.05, 0) is 18.2 Å². The molecule has 0 radical (unpaired) electrons. The van der Waals surface area contributed by atoms with Crippen molar-refractivity contribution in [2.45, 2.75) is 26.8 Å². The minimum absolute atomic E-state index is 0.0117. The molecule has 0 atom stereocenters. The minimum atomic E-state index is -0.0117. The first-order chi connectivity index (χ1) is 12.6. The molecule has 26 heavy (non-hydrogen) atoms. The van der Waals surface area contributed by atoms with Crippen molar-refractivity contribution in [1.29, 1.82) is 0 Å². The number of nitrogens with one attached hydrogen (secondary N) is 1. The third-order valence-corrected chi connectivity index (χ3v) is 4.43. The van der Waals surface area contributed by atoms with Gasteiger partial charge in [0.05, 0.1) is 24.7 Å². The Balaban J connectivity index is 1.88. The van der Waals surface area contributed by atoms with E-state index in [2.05, 4.69) is 22.0 Å². The fourth-order valence-corrected chi connectivity index (χ4v) is 3.00. The van der Waals surface area contributed by atoms with E-state index in [-0.39, 0.29) is 11.8 Å². The van der Waals surface area contributed by atoms with Gasteiger partial charge in [-0.1, -0.05) is 44.2 Å². The van der Waals surface area contributed by atoms with Gasteiger partial charge in [-0.3, -0.25) is 4.79 Å². The maximum atomic E-state index is 11.8. The first-order valence-electron chi connectivity index (χ1n) is 8.94. The van der Waals surface area contributed by atoms with Crippen molar-refractivity contribution in [3.05, 3.63) is 59.9 Å². The molecule has 0 saturated heterocycles. The van der Waals surface area contributed by atoms with Gasteiger partial charge in [0.25, 0.3) is 0 Å². The largest absolute Gasteiger partial charge is 0.496 e. The van der Waals surface area contributed by atoms with Crippen LogP contribution in [0.25, 0.3) is 11.0 Å². The van der Waals surface area contributed by atoms with Gasteiger partial charge in [-0.25, -0.2) is 4.98 Å². The van der Waals surface area contributed by atoms with E-state index in [1.54, 1.807) is 7.11 Å². The van der Waals surface area contributed by atoms with E-state index in [0.29, 0.717) is 19.5 Å². The van der Waals surface area contributed by atoms with Crippen molar-refractivity contribution in [3.63, 3.8) is 0 Å². The van der Waals surface area contributed by atoms with Gasteiger partial charge in [-0.2, -0.15) is 0 Å². The molecule has 3 aromatic rings. The van der Waals surface area contributed by atoms with Gasteiger partial charge >= 0.3 is 0 Å². The standard InChI is InChI=1S/C21H25N3O2/c1-15(2)21(25)22-13-12-20-23-17-9-5-6-10-18(17)24(20)14-16-8-4-7-11-19(16)26-3/h4-11,15H,12-14H2,1-3H3,(H,22,25). The molecule has 0 bridgehead atoms. The molecule has 5 nitrogen and oxygen atoms in total. The van der Waals surface area contributed by atoms with Crippen LogP contribution in [0, 0.1) is 5.92 Å². The highest BCUT2D eigenvalue weighted by atomic mass is 16.5. The van der Waals surface area contributed by atoms with E-state index in [4.69, 9.17) is 9.72 Å². The Kier molecular flexibility index (Phi) is 5.56. The van der Waals surface area contributed by atoms with E-state index in [9.17, 15) is 4.79 Å². The van der Waals surface area contributed by atoms with E-state index in [1.165, 1.54) is 0 Å². The molecule has 136 valence electrons. The molecule has 1 N–H and O–H groups in total. The molecule has 0 fully saturated rings. The van der Waals surface area contributed by atoms with Gasteiger partial charge in [-0.15, -0.1) is 0 Å². The van der Waals surface area contributed by atoms with Crippen LogP contribution in [0.2, 0.25) is 0 Å². The summed E-state index contributed by atoms with van der Waals surface area (Å²) in [4.78, 5) is 16.6. The smallest absolute Gasteiger partial charge is 0.222 e. The summed E-state index contributed by atoms with van der Waals surface area (Å²) >= 11 is 0. The molecule has 0 spiro atoms. The third-order valence-electron chi connectivity index (χ3n) is 4.43. The molecule has 1 heterocycles. The Bertz CT molecular complexity index is 899. The second kappa shape index (κ2) is 8.04. The molecule has 0 aliphatic rings. The second-order valence-electron chi connectivity index (χ2n) is 6.61. The zero-order valence-corrected chi connectivity index (χ0v) is 15.5. The van der Waals surface area contributed by atoms with Crippen LogP contribution in [-0.2, 0) is 17.8 Å². The number of amides is 1. The van der Waals surface area contributed by atoms with Crippen LogP contribution in [0.3, 0.4) is 0 Å². The number of para-hydroxylation sites is 3. The Morgan fingerprint density at radius 2 is 1.88 bits per heavy atom. The number of fused-ring (bicyclic) bond motifs is 1. The molecule has 3 rings (SSSR count). The summed E-state index contributed by atoms with van der Waals surface area (Å²) < 4.78 is 7.70. The lowest BCUT2D eigenvalue weighted by Gasteiger charge is -2.13. The van der Waals surface area contributed by atoms with Crippen molar-refractivity contribution in [2.24, 2.45) is 5.92 Å². The predicted molar refractivity (Wildman–Crippen MR) is 103 cm³/mol. The average molecular weight is 351 g/mol. The summed E-state index contributed by atoms with van der Waals surface area (Å²) in [5.74, 6) is 1.88. The topological polar surface area (TPSA) is 56.1 Å². The molecule has 0 aliphatic heterocycles. The third kappa shape index (κ3) is 3.87. The number of carbonyl (C=O) groups excluding carboxylic acids is 1.